The Bertz CT molecular complexity index is 368. The van der Waals surface area contributed by atoms with Crippen LogP contribution in [0.4, 0.5) is 5.82 Å². The van der Waals surface area contributed by atoms with E-state index in [0.717, 1.165) is 12.4 Å². The van der Waals surface area contributed by atoms with Gasteiger partial charge in [-0.15, -0.1) is 0 Å². The zero-order chi connectivity index (χ0) is 14.3. The van der Waals surface area contributed by atoms with Gasteiger partial charge in [0.15, 0.2) is 0 Å². The van der Waals surface area contributed by atoms with E-state index in [1.54, 1.807) is 0 Å². The molecule has 0 amide bonds. The van der Waals surface area contributed by atoms with E-state index in [1.807, 2.05) is 18.0 Å². The lowest BCUT2D eigenvalue weighted by atomic mass is 10.2. The van der Waals surface area contributed by atoms with Crippen molar-refractivity contribution in [3.05, 3.63) is 23.9 Å². The maximum Gasteiger partial charge on any atom is 0.128 e. The van der Waals surface area contributed by atoms with Crippen molar-refractivity contribution < 1.29 is 0 Å². The maximum absolute atomic E-state index is 4.49. The molecular weight excluding hydrogens is 254 g/mol. The van der Waals surface area contributed by atoms with Crippen LogP contribution in [0.3, 0.4) is 0 Å². The van der Waals surface area contributed by atoms with Crippen LogP contribution in [0.5, 0.6) is 0 Å². The number of hydrogen-bond donors (Lipinski definition) is 1. The summed E-state index contributed by atoms with van der Waals surface area (Å²) in [5.74, 6) is 2.26. The predicted molar refractivity (Wildman–Crippen MR) is 87.1 cm³/mol. The van der Waals surface area contributed by atoms with Gasteiger partial charge in [-0.1, -0.05) is 13.8 Å². The SMILES string of the molecule is CSCCC(C)N(C)c1cc(CNC(C)C)ccn1. The fraction of sp³-hybridized carbons (Fsp3) is 0.667. The van der Waals surface area contributed by atoms with Crippen molar-refractivity contribution in [3.63, 3.8) is 0 Å². The van der Waals surface area contributed by atoms with Gasteiger partial charge in [0.2, 0.25) is 0 Å². The number of pyridine rings is 1. The normalized spacial score (nSPS) is 12.7. The zero-order valence-corrected chi connectivity index (χ0v) is 13.6. The smallest absolute Gasteiger partial charge is 0.128 e. The second-order valence-electron chi connectivity index (χ2n) is 5.30. The van der Waals surface area contributed by atoms with Crippen LogP contribution >= 0.6 is 11.8 Å². The summed E-state index contributed by atoms with van der Waals surface area (Å²) in [5.41, 5.74) is 1.29. The molecule has 19 heavy (non-hydrogen) atoms. The molecule has 1 aromatic heterocycles. The van der Waals surface area contributed by atoms with E-state index in [2.05, 4.69) is 61.4 Å². The van der Waals surface area contributed by atoms with E-state index in [9.17, 15) is 0 Å². The third-order valence-corrected chi connectivity index (χ3v) is 3.93. The molecule has 1 atom stereocenters. The quantitative estimate of drug-likeness (QED) is 0.792. The van der Waals surface area contributed by atoms with Crippen molar-refractivity contribution in [2.45, 2.75) is 45.8 Å². The van der Waals surface area contributed by atoms with Gasteiger partial charge in [-0.2, -0.15) is 11.8 Å². The first-order valence-corrected chi connectivity index (χ1v) is 8.34. The first kappa shape index (κ1) is 16.3. The monoisotopic (exact) mass is 281 g/mol. The Morgan fingerprint density at radius 3 is 2.74 bits per heavy atom. The molecule has 1 heterocycles. The second kappa shape index (κ2) is 8.43. The Morgan fingerprint density at radius 1 is 1.37 bits per heavy atom. The van der Waals surface area contributed by atoms with Gasteiger partial charge in [-0.05, 0) is 43.0 Å². The molecule has 3 nitrogen and oxygen atoms in total. The molecule has 4 heteroatoms. The summed E-state index contributed by atoms with van der Waals surface area (Å²) in [6, 6.07) is 5.30. The van der Waals surface area contributed by atoms with Crippen molar-refractivity contribution in [2.75, 3.05) is 24.0 Å². The number of nitrogens with zero attached hydrogens (tertiary/aromatic N) is 2. The van der Waals surface area contributed by atoms with Crippen molar-refractivity contribution >= 4 is 17.6 Å². The van der Waals surface area contributed by atoms with Gasteiger partial charge in [0.1, 0.15) is 5.82 Å². The number of hydrogen-bond acceptors (Lipinski definition) is 4. The Kier molecular flexibility index (Phi) is 7.24. The van der Waals surface area contributed by atoms with Crippen LogP contribution in [0.1, 0.15) is 32.8 Å². The number of thioether (sulfide) groups is 1. The topological polar surface area (TPSA) is 28.2 Å². The van der Waals surface area contributed by atoms with Gasteiger partial charge in [0.05, 0.1) is 0 Å². The molecule has 0 saturated heterocycles. The van der Waals surface area contributed by atoms with Gasteiger partial charge in [0, 0.05) is 31.9 Å². The molecule has 0 saturated carbocycles. The number of aromatic nitrogens is 1. The zero-order valence-electron chi connectivity index (χ0n) is 12.8. The lowest BCUT2D eigenvalue weighted by Gasteiger charge is -2.26. The highest BCUT2D eigenvalue weighted by Gasteiger charge is 2.11. The van der Waals surface area contributed by atoms with Gasteiger partial charge in [0.25, 0.3) is 0 Å². The van der Waals surface area contributed by atoms with Gasteiger partial charge in [-0.25, -0.2) is 4.98 Å². The molecule has 0 spiro atoms. The average molecular weight is 281 g/mol. The molecule has 0 fully saturated rings. The molecule has 0 bridgehead atoms. The number of rotatable bonds is 8. The largest absolute Gasteiger partial charge is 0.357 e. The third-order valence-electron chi connectivity index (χ3n) is 3.29. The van der Waals surface area contributed by atoms with E-state index in [-0.39, 0.29) is 0 Å². The maximum atomic E-state index is 4.49. The predicted octanol–water partition coefficient (Wildman–Crippen LogP) is 3.16. The van der Waals surface area contributed by atoms with E-state index >= 15 is 0 Å². The van der Waals surface area contributed by atoms with Crippen LogP contribution in [0, 0.1) is 0 Å². The summed E-state index contributed by atoms with van der Waals surface area (Å²) in [6.07, 6.45) is 5.25. The minimum absolute atomic E-state index is 0.509. The van der Waals surface area contributed by atoms with Crippen molar-refractivity contribution in [1.82, 2.24) is 10.3 Å². The number of anilines is 1. The van der Waals surface area contributed by atoms with Crippen molar-refractivity contribution in [2.24, 2.45) is 0 Å². The van der Waals surface area contributed by atoms with E-state index in [0.29, 0.717) is 12.1 Å². The number of nitrogens with one attached hydrogen (secondary N) is 1. The molecule has 1 rings (SSSR count). The fourth-order valence-corrected chi connectivity index (χ4v) is 2.37. The summed E-state index contributed by atoms with van der Waals surface area (Å²) in [4.78, 5) is 6.76. The lowest BCUT2D eigenvalue weighted by Crippen LogP contribution is -2.30. The van der Waals surface area contributed by atoms with E-state index in [4.69, 9.17) is 0 Å². The molecule has 0 aliphatic rings. The highest BCUT2D eigenvalue weighted by molar-refractivity contribution is 7.98. The third kappa shape index (κ3) is 5.83. The molecule has 0 aliphatic heterocycles. The van der Waals surface area contributed by atoms with E-state index in [1.165, 1.54) is 17.7 Å². The molecule has 1 unspecified atom stereocenters. The van der Waals surface area contributed by atoms with Gasteiger partial charge < -0.3 is 10.2 Å². The van der Waals surface area contributed by atoms with Crippen LogP contribution in [-0.2, 0) is 6.54 Å². The highest BCUT2D eigenvalue weighted by atomic mass is 32.2. The Hall–Kier alpha value is -0.740. The van der Waals surface area contributed by atoms with Crippen LogP contribution in [0.25, 0.3) is 0 Å². The second-order valence-corrected chi connectivity index (χ2v) is 6.28. The molecule has 1 aromatic rings. The molecule has 0 aliphatic carbocycles. The Morgan fingerprint density at radius 2 is 2.11 bits per heavy atom. The van der Waals surface area contributed by atoms with E-state index < -0.39 is 0 Å². The summed E-state index contributed by atoms with van der Waals surface area (Å²) in [7, 11) is 2.13. The minimum atomic E-state index is 0.509. The first-order chi connectivity index (χ1) is 9.04. The van der Waals surface area contributed by atoms with Crippen LogP contribution in [0.15, 0.2) is 18.3 Å². The van der Waals surface area contributed by atoms with Gasteiger partial charge in [-0.3, -0.25) is 0 Å². The highest BCUT2D eigenvalue weighted by Crippen LogP contribution is 2.16. The molecule has 108 valence electrons. The molecule has 1 N–H and O–H groups in total. The molecule has 0 aromatic carbocycles. The van der Waals surface area contributed by atoms with Crippen LogP contribution in [-0.4, -0.2) is 36.1 Å². The summed E-state index contributed by atoms with van der Waals surface area (Å²) in [6.45, 7) is 7.49. The van der Waals surface area contributed by atoms with Crippen LogP contribution in [0.2, 0.25) is 0 Å². The molecule has 0 radical (unpaired) electrons. The van der Waals surface area contributed by atoms with Crippen molar-refractivity contribution in [3.8, 4) is 0 Å². The van der Waals surface area contributed by atoms with Crippen molar-refractivity contribution in [1.29, 1.82) is 0 Å². The minimum Gasteiger partial charge on any atom is -0.357 e. The fourth-order valence-electron chi connectivity index (χ4n) is 1.79. The summed E-state index contributed by atoms with van der Waals surface area (Å²) in [5, 5.41) is 3.44. The average Bonchev–Trinajstić information content (AvgIpc) is 2.42. The molecular formula is C15H27N3S. The lowest BCUT2D eigenvalue weighted by molar-refractivity contribution is 0.588. The Labute approximate surface area is 122 Å². The first-order valence-electron chi connectivity index (χ1n) is 6.94. The van der Waals surface area contributed by atoms with Gasteiger partial charge >= 0.3 is 0 Å². The summed E-state index contributed by atoms with van der Waals surface area (Å²) < 4.78 is 0. The Balaban J connectivity index is 2.64. The van der Waals surface area contributed by atoms with Crippen LogP contribution < -0.4 is 10.2 Å². The standard InChI is InChI=1S/C15H27N3S/c1-12(2)17-11-14-6-8-16-15(10-14)18(4)13(3)7-9-19-5/h6,8,10,12-13,17H,7,9,11H2,1-5H3. The summed E-state index contributed by atoms with van der Waals surface area (Å²) >= 11 is 1.90.